The van der Waals surface area contributed by atoms with E-state index >= 15 is 0 Å². The molecular weight excluding hydrogens is 155 g/mol. The maximum Gasteiger partial charge on any atom is 2.00 e. The van der Waals surface area contributed by atoms with Gasteiger partial charge in [0, 0.05) is 0 Å². The zero-order valence-corrected chi connectivity index (χ0v) is 8.79. The second-order valence-corrected chi connectivity index (χ2v) is 1.57. The number of hydrogen-bond donors (Lipinski definition) is 1. The van der Waals surface area contributed by atoms with Crippen LogP contribution in [0, 0.1) is 0 Å². The zero-order chi connectivity index (χ0) is 4.50. The van der Waals surface area contributed by atoms with Crippen LogP contribution in [-0.4, -0.2) is 42.4 Å². The van der Waals surface area contributed by atoms with E-state index in [1.165, 1.54) is 0 Å². The van der Waals surface area contributed by atoms with Crippen molar-refractivity contribution in [3.8, 4) is 0 Å². The Balaban J connectivity index is -0.0000000267. The Morgan fingerprint density at radius 1 is 1.12 bits per heavy atom. The van der Waals surface area contributed by atoms with Gasteiger partial charge in [0.1, 0.15) is 0 Å². The molecule has 3 N–H and O–H groups in total. The molecule has 0 aromatic rings. The van der Waals surface area contributed by atoms with Crippen molar-refractivity contribution in [2.75, 3.05) is 0 Å². The van der Waals surface area contributed by atoms with Crippen molar-refractivity contribution in [1.82, 2.24) is 0 Å². The smallest absolute Gasteiger partial charge is 0.861 e. The summed E-state index contributed by atoms with van der Waals surface area (Å²) in [5.41, 5.74) is 0. The van der Waals surface area contributed by atoms with Crippen molar-refractivity contribution in [3.63, 3.8) is 0 Å². The van der Waals surface area contributed by atoms with E-state index in [0.29, 0.717) is 0 Å². The molecule has 0 saturated heterocycles. The summed E-state index contributed by atoms with van der Waals surface area (Å²) >= 11 is 0. The van der Waals surface area contributed by atoms with Gasteiger partial charge >= 0.3 is 52.6 Å². The van der Waals surface area contributed by atoms with Crippen molar-refractivity contribution in [2.45, 2.75) is 0 Å². The summed E-state index contributed by atoms with van der Waals surface area (Å²) in [6.07, 6.45) is 0. The molecule has 0 unspecified atom stereocenters. The molecule has 0 aliphatic carbocycles. The minimum Gasteiger partial charge on any atom is -0.861 e. The van der Waals surface area contributed by atoms with E-state index < -0.39 is 9.05 Å². The molecule has 0 aliphatic heterocycles. The van der Waals surface area contributed by atoms with Crippen LogP contribution in [0.5, 0.6) is 0 Å². The predicted octanol–water partition coefficient (Wildman–Crippen LogP) is -8.71. The summed E-state index contributed by atoms with van der Waals surface area (Å²) in [5, 5.41) is 0. The molecule has 8 heavy (non-hydrogen) atoms. The largest absolute Gasteiger partial charge is 2.00 e. The third-order valence-electron chi connectivity index (χ3n) is 0. The van der Waals surface area contributed by atoms with E-state index in [1.807, 2.05) is 0 Å². The van der Waals surface area contributed by atoms with Gasteiger partial charge in [0.05, 0.1) is 0 Å². The first-order valence-electron chi connectivity index (χ1n) is 0.836. The first-order chi connectivity index (χ1) is 2.00. The molecule has 0 bridgehead atoms. The second-order valence-electron chi connectivity index (χ2n) is 0.524. The van der Waals surface area contributed by atoms with E-state index in [1.54, 1.807) is 0 Å². The SMILES string of the molecule is O.[Mg+2].[Na+].[O-][Si]([O-])([O-])O. The van der Waals surface area contributed by atoms with Crippen LogP contribution in [0.1, 0.15) is 0 Å². The third-order valence-corrected chi connectivity index (χ3v) is 0. The summed E-state index contributed by atoms with van der Waals surface area (Å²) < 4.78 is 0. The van der Waals surface area contributed by atoms with Crippen molar-refractivity contribution in [1.29, 1.82) is 0 Å². The van der Waals surface area contributed by atoms with Crippen LogP contribution in [0.25, 0.3) is 0 Å². The summed E-state index contributed by atoms with van der Waals surface area (Å²) in [7, 11) is -5.36. The minimum atomic E-state index is -5.36. The van der Waals surface area contributed by atoms with Gasteiger partial charge in [0.2, 0.25) is 0 Å². The normalized spacial score (nSPS) is 7.50. The molecule has 0 amide bonds. The average molecular weight is 158 g/mol. The maximum absolute atomic E-state index is 8.69. The first-order valence-corrected chi connectivity index (χ1v) is 2.51. The predicted molar refractivity (Wildman–Crippen MR) is 17.3 cm³/mol. The fourth-order valence-corrected chi connectivity index (χ4v) is 0. The zero-order valence-electron chi connectivity index (χ0n) is 4.38. The van der Waals surface area contributed by atoms with Crippen LogP contribution < -0.4 is 43.9 Å². The molecule has 8 heteroatoms. The van der Waals surface area contributed by atoms with E-state index in [9.17, 15) is 0 Å². The van der Waals surface area contributed by atoms with Crippen molar-refractivity contribution in [3.05, 3.63) is 0 Å². The topological polar surface area (TPSA) is 121 Å². The number of rotatable bonds is 0. The van der Waals surface area contributed by atoms with Crippen LogP contribution in [0.15, 0.2) is 0 Å². The molecule has 0 aromatic heterocycles. The monoisotopic (exact) mass is 158 g/mol. The Kier molecular flexibility index (Phi) is 24.8. The van der Waals surface area contributed by atoms with E-state index in [2.05, 4.69) is 0 Å². The van der Waals surface area contributed by atoms with Crippen molar-refractivity contribution >= 4 is 32.1 Å². The summed E-state index contributed by atoms with van der Waals surface area (Å²) in [6.45, 7) is 0. The van der Waals surface area contributed by atoms with Gasteiger partial charge in [-0.05, 0) is 0 Å². The first kappa shape index (κ1) is 22.6. The second kappa shape index (κ2) is 8.78. The molecule has 0 atom stereocenters. The van der Waals surface area contributed by atoms with E-state index in [-0.39, 0.29) is 58.1 Å². The fraction of sp³-hybridized carbons (Fsp3) is 0. The van der Waals surface area contributed by atoms with Gasteiger partial charge in [0.15, 0.2) is 0 Å². The molecular formula is H3MgNaO5Si. The summed E-state index contributed by atoms with van der Waals surface area (Å²) in [4.78, 5) is 33.1. The van der Waals surface area contributed by atoms with Crippen LogP contribution in [0.2, 0.25) is 0 Å². The van der Waals surface area contributed by atoms with Gasteiger partial charge < -0.3 is 24.7 Å². The molecule has 0 spiro atoms. The van der Waals surface area contributed by atoms with Crippen LogP contribution >= 0.6 is 0 Å². The fourth-order valence-electron chi connectivity index (χ4n) is 0. The van der Waals surface area contributed by atoms with Gasteiger partial charge in [-0.15, -0.1) is 9.05 Å². The molecule has 0 fully saturated rings. The van der Waals surface area contributed by atoms with Crippen molar-refractivity contribution < 1.29 is 54.2 Å². The molecule has 0 aromatic carbocycles. The Morgan fingerprint density at radius 2 is 1.12 bits per heavy atom. The molecule has 0 saturated carbocycles. The van der Waals surface area contributed by atoms with Crippen LogP contribution in [0.4, 0.5) is 0 Å². The standard InChI is InChI=1S/Mg.Na.HO4Si.H2O/c;;1-5(2,3)4;/h;;1H;1H2/q+2;+1;-3;. The van der Waals surface area contributed by atoms with Crippen LogP contribution in [-0.2, 0) is 0 Å². The van der Waals surface area contributed by atoms with E-state index in [0.717, 1.165) is 0 Å². The minimum absolute atomic E-state index is 0. The molecule has 40 valence electrons. The van der Waals surface area contributed by atoms with E-state index in [4.69, 9.17) is 19.2 Å². The number of hydrogen-bond acceptors (Lipinski definition) is 4. The van der Waals surface area contributed by atoms with Gasteiger partial charge in [-0.2, -0.15) is 0 Å². The Bertz CT molecular complexity index is 27.9. The molecule has 0 rings (SSSR count). The molecule has 0 aliphatic rings. The average Bonchev–Trinajstić information content (AvgIpc) is 0.722. The molecule has 0 radical (unpaired) electrons. The Labute approximate surface area is 85.6 Å². The van der Waals surface area contributed by atoms with Gasteiger partial charge in [-0.1, -0.05) is 0 Å². The summed E-state index contributed by atoms with van der Waals surface area (Å²) in [6, 6.07) is 0. The van der Waals surface area contributed by atoms with Gasteiger partial charge in [-0.25, -0.2) is 0 Å². The third kappa shape index (κ3) is 113. The molecule has 0 heterocycles. The molecule has 5 nitrogen and oxygen atoms in total. The quantitative estimate of drug-likeness (QED) is 0.352. The maximum atomic E-state index is 8.69. The summed E-state index contributed by atoms with van der Waals surface area (Å²) in [5.74, 6) is 0. The Morgan fingerprint density at radius 3 is 1.12 bits per heavy atom. The van der Waals surface area contributed by atoms with Gasteiger partial charge in [0.25, 0.3) is 0 Å². The van der Waals surface area contributed by atoms with Crippen molar-refractivity contribution in [2.24, 2.45) is 0 Å². The van der Waals surface area contributed by atoms with Crippen LogP contribution in [0.3, 0.4) is 0 Å². The Hall–Kier alpha value is 1.78. The van der Waals surface area contributed by atoms with Gasteiger partial charge in [-0.3, -0.25) is 0 Å².